The Morgan fingerprint density at radius 2 is 2.07 bits per heavy atom. The first-order chi connectivity index (χ1) is 7.00. The van der Waals surface area contributed by atoms with Crippen molar-refractivity contribution < 1.29 is 4.79 Å². The van der Waals surface area contributed by atoms with Crippen molar-refractivity contribution in [1.82, 2.24) is 5.32 Å². The van der Waals surface area contributed by atoms with E-state index in [1.807, 2.05) is 6.92 Å². The highest BCUT2D eigenvalue weighted by Crippen LogP contribution is 2.25. The Labute approximate surface area is 92.8 Å². The normalized spacial score (nSPS) is 23.7. The maximum Gasteiger partial charge on any atom is 0.237 e. The van der Waals surface area contributed by atoms with Crippen LogP contribution < -0.4 is 11.1 Å². The average molecular weight is 212 g/mol. The van der Waals surface area contributed by atoms with E-state index in [1.165, 1.54) is 25.7 Å². The van der Waals surface area contributed by atoms with E-state index in [0.717, 1.165) is 6.42 Å². The van der Waals surface area contributed by atoms with Crippen molar-refractivity contribution >= 4 is 5.91 Å². The summed E-state index contributed by atoms with van der Waals surface area (Å²) in [5.41, 5.74) is 4.99. The summed E-state index contributed by atoms with van der Waals surface area (Å²) in [6.45, 7) is 6.14. The number of hydrogen-bond donors (Lipinski definition) is 2. The maximum absolute atomic E-state index is 11.6. The van der Waals surface area contributed by atoms with Gasteiger partial charge in [0.05, 0.1) is 5.54 Å². The second kappa shape index (κ2) is 4.97. The summed E-state index contributed by atoms with van der Waals surface area (Å²) in [7, 11) is 0. The summed E-state index contributed by atoms with van der Waals surface area (Å²) in [5.74, 6) is 0.0688. The van der Waals surface area contributed by atoms with Gasteiger partial charge in [0.15, 0.2) is 0 Å². The fraction of sp³-hybridized carbons (Fsp3) is 0.917. The van der Waals surface area contributed by atoms with Crippen molar-refractivity contribution in [2.45, 2.75) is 64.5 Å². The predicted molar refractivity (Wildman–Crippen MR) is 62.4 cm³/mol. The molecule has 0 aromatic rings. The van der Waals surface area contributed by atoms with Crippen LogP contribution in [0.3, 0.4) is 0 Å². The summed E-state index contributed by atoms with van der Waals surface area (Å²) in [5, 5.41) is 3.47. The van der Waals surface area contributed by atoms with Crippen molar-refractivity contribution in [2.75, 3.05) is 0 Å². The third-order valence-corrected chi connectivity index (χ3v) is 3.97. The molecule has 3 heteroatoms. The molecule has 0 aromatic heterocycles. The number of amides is 1. The van der Waals surface area contributed by atoms with E-state index in [2.05, 4.69) is 19.2 Å². The molecule has 3 N–H and O–H groups in total. The highest BCUT2D eigenvalue weighted by Gasteiger charge is 2.38. The third kappa shape index (κ3) is 2.71. The fourth-order valence-corrected chi connectivity index (χ4v) is 2.36. The molecule has 0 aliphatic heterocycles. The van der Waals surface area contributed by atoms with Crippen LogP contribution in [0.1, 0.15) is 52.9 Å². The molecule has 1 fully saturated rings. The van der Waals surface area contributed by atoms with Crippen molar-refractivity contribution in [3.05, 3.63) is 0 Å². The van der Waals surface area contributed by atoms with E-state index >= 15 is 0 Å². The largest absolute Gasteiger partial charge is 0.368 e. The van der Waals surface area contributed by atoms with Gasteiger partial charge in [0.25, 0.3) is 0 Å². The van der Waals surface area contributed by atoms with Crippen LogP contribution in [0.5, 0.6) is 0 Å². The van der Waals surface area contributed by atoms with Crippen LogP contribution in [-0.4, -0.2) is 17.5 Å². The minimum absolute atomic E-state index is 0.219. The van der Waals surface area contributed by atoms with Gasteiger partial charge in [-0.05, 0) is 25.7 Å². The molecule has 3 nitrogen and oxygen atoms in total. The highest BCUT2D eigenvalue weighted by atomic mass is 16.1. The number of carbonyl (C=O) groups excluding carboxylic acids is 1. The molecule has 0 saturated heterocycles. The lowest BCUT2D eigenvalue weighted by atomic mass is 9.83. The van der Waals surface area contributed by atoms with Gasteiger partial charge in [0, 0.05) is 6.04 Å². The second-order valence-corrected chi connectivity index (χ2v) is 5.00. The molecule has 1 aliphatic carbocycles. The summed E-state index contributed by atoms with van der Waals surface area (Å²) < 4.78 is 0. The lowest BCUT2D eigenvalue weighted by Gasteiger charge is -2.36. The van der Waals surface area contributed by atoms with Crippen LogP contribution in [0.4, 0.5) is 0 Å². The van der Waals surface area contributed by atoms with Crippen molar-refractivity contribution in [2.24, 2.45) is 11.7 Å². The van der Waals surface area contributed by atoms with Gasteiger partial charge in [-0.3, -0.25) is 4.79 Å². The van der Waals surface area contributed by atoms with E-state index in [-0.39, 0.29) is 11.8 Å². The van der Waals surface area contributed by atoms with Gasteiger partial charge < -0.3 is 11.1 Å². The smallest absolute Gasteiger partial charge is 0.237 e. The highest BCUT2D eigenvalue weighted by molar-refractivity contribution is 5.84. The number of nitrogens with two attached hydrogens (primary N) is 1. The number of carbonyl (C=O) groups is 1. The average Bonchev–Trinajstić information content (AvgIpc) is 2.68. The molecule has 15 heavy (non-hydrogen) atoms. The molecule has 0 aromatic carbocycles. The Morgan fingerprint density at radius 1 is 1.53 bits per heavy atom. The van der Waals surface area contributed by atoms with Crippen LogP contribution in [0.15, 0.2) is 0 Å². The molecular weight excluding hydrogens is 188 g/mol. The van der Waals surface area contributed by atoms with Gasteiger partial charge in [-0.1, -0.05) is 33.1 Å². The molecule has 1 amide bonds. The Balaban J connectivity index is 2.67. The SMILES string of the molecule is CCC(C)C(C)(NC1CCCC1)C(N)=O. The van der Waals surface area contributed by atoms with Gasteiger partial charge >= 0.3 is 0 Å². The minimum Gasteiger partial charge on any atom is -0.368 e. The quantitative estimate of drug-likeness (QED) is 0.730. The van der Waals surface area contributed by atoms with Crippen molar-refractivity contribution in [3.8, 4) is 0 Å². The van der Waals surface area contributed by atoms with Crippen molar-refractivity contribution in [1.29, 1.82) is 0 Å². The van der Waals surface area contributed by atoms with Crippen LogP contribution in [0.2, 0.25) is 0 Å². The topological polar surface area (TPSA) is 55.1 Å². The lowest BCUT2D eigenvalue weighted by Crippen LogP contribution is -2.59. The number of hydrogen-bond acceptors (Lipinski definition) is 2. The molecule has 1 saturated carbocycles. The number of nitrogens with one attached hydrogen (secondary N) is 1. The Bertz CT molecular complexity index is 224. The first-order valence-electron chi connectivity index (χ1n) is 6.08. The van der Waals surface area contributed by atoms with Gasteiger partial charge in [0.2, 0.25) is 5.91 Å². The zero-order valence-corrected chi connectivity index (χ0v) is 10.2. The van der Waals surface area contributed by atoms with E-state index in [0.29, 0.717) is 6.04 Å². The summed E-state index contributed by atoms with van der Waals surface area (Å²) >= 11 is 0. The van der Waals surface area contributed by atoms with Gasteiger partial charge in [-0.15, -0.1) is 0 Å². The van der Waals surface area contributed by atoms with E-state index < -0.39 is 5.54 Å². The van der Waals surface area contributed by atoms with Gasteiger partial charge in [-0.25, -0.2) is 0 Å². The standard InChI is InChI=1S/C12H24N2O/c1-4-9(2)12(3,11(13)15)14-10-7-5-6-8-10/h9-10,14H,4-8H2,1-3H3,(H2,13,15). The Hall–Kier alpha value is -0.570. The van der Waals surface area contributed by atoms with Crippen LogP contribution in [-0.2, 0) is 4.79 Å². The molecule has 88 valence electrons. The molecule has 0 heterocycles. The molecule has 0 spiro atoms. The second-order valence-electron chi connectivity index (χ2n) is 5.00. The maximum atomic E-state index is 11.6. The molecule has 1 rings (SSSR count). The third-order valence-electron chi connectivity index (χ3n) is 3.97. The fourth-order valence-electron chi connectivity index (χ4n) is 2.36. The van der Waals surface area contributed by atoms with Crippen LogP contribution >= 0.6 is 0 Å². The summed E-state index contributed by atoms with van der Waals surface area (Å²) in [6.07, 6.45) is 5.87. The van der Waals surface area contributed by atoms with E-state index in [9.17, 15) is 4.79 Å². The molecule has 2 unspecified atom stereocenters. The molecule has 1 aliphatic rings. The minimum atomic E-state index is -0.538. The van der Waals surface area contributed by atoms with Gasteiger partial charge in [0.1, 0.15) is 0 Å². The lowest BCUT2D eigenvalue weighted by molar-refractivity contribution is -0.126. The molecule has 0 bridgehead atoms. The zero-order chi connectivity index (χ0) is 11.5. The first kappa shape index (κ1) is 12.5. The van der Waals surface area contributed by atoms with Crippen molar-refractivity contribution in [3.63, 3.8) is 0 Å². The molecule has 0 radical (unpaired) electrons. The zero-order valence-electron chi connectivity index (χ0n) is 10.2. The van der Waals surface area contributed by atoms with Gasteiger partial charge in [-0.2, -0.15) is 0 Å². The molecule has 2 atom stereocenters. The van der Waals surface area contributed by atoms with E-state index in [4.69, 9.17) is 5.73 Å². The summed E-state index contributed by atoms with van der Waals surface area (Å²) in [4.78, 5) is 11.6. The first-order valence-corrected chi connectivity index (χ1v) is 6.08. The Kier molecular flexibility index (Phi) is 4.14. The van der Waals surface area contributed by atoms with Crippen LogP contribution in [0.25, 0.3) is 0 Å². The predicted octanol–water partition coefficient (Wildman–Crippen LogP) is 1.81. The van der Waals surface area contributed by atoms with Crippen LogP contribution in [0, 0.1) is 5.92 Å². The Morgan fingerprint density at radius 3 is 2.47 bits per heavy atom. The summed E-state index contributed by atoms with van der Waals surface area (Å²) in [6, 6.07) is 0.483. The number of rotatable bonds is 5. The number of primary amides is 1. The van der Waals surface area contributed by atoms with E-state index in [1.54, 1.807) is 0 Å². The monoisotopic (exact) mass is 212 g/mol. The molecular formula is C12H24N2O.